The number of carbonyl (C=O) groups is 2. The predicted molar refractivity (Wildman–Crippen MR) is 103 cm³/mol. The first-order valence-corrected chi connectivity index (χ1v) is 11.4. The summed E-state index contributed by atoms with van der Waals surface area (Å²) in [5.74, 6) is 1.79. The van der Waals surface area contributed by atoms with E-state index in [1.54, 1.807) is 11.3 Å². The van der Waals surface area contributed by atoms with Crippen molar-refractivity contribution in [2.24, 2.45) is 5.92 Å². The van der Waals surface area contributed by atoms with Crippen LogP contribution in [0.4, 0.5) is 0 Å². The maximum atomic E-state index is 12.7. The van der Waals surface area contributed by atoms with E-state index in [9.17, 15) is 9.59 Å². The lowest BCUT2D eigenvalue weighted by Gasteiger charge is -2.35. The number of thioether (sulfide) groups is 1. The van der Waals surface area contributed by atoms with Gasteiger partial charge in [-0.25, -0.2) is 0 Å². The number of rotatable bonds is 5. The van der Waals surface area contributed by atoms with Crippen molar-refractivity contribution < 1.29 is 9.59 Å². The van der Waals surface area contributed by atoms with Gasteiger partial charge in [0, 0.05) is 48.1 Å². The second kappa shape index (κ2) is 7.70. The molecule has 0 N–H and O–H groups in total. The van der Waals surface area contributed by atoms with Gasteiger partial charge in [-0.3, -0.25) is 9.59 Å². The smallest absolute Gasteiger partial charge is 0.232 e. The van der Waals surface area contributed by atoms with Gasteiger partial charge < -0.3 is 9.80 Å². The highest BCUT2D eigenvalue weighted by Crippen LogP contribution is 2.50. The van der Waals surface area contributed by atoms with Gasteiger partial charge in [-0.1, -0.05) is 18.9 Å². The summed E-state index contributed by atoms with van der Waals surface area (Å²) in [4.78, 5) is 30.3. The van der Waals surface area contributed by atoms with Crippen LogP contribution in [-0.2, 0) is 9.59 Å². The van der Waals surface area contributed by atoms with Crippen molar-refractivity contribution in [2.45, 2.75) is 43.3 Å². The maximum Gasteiger partial charge on any atom is 0.232 e. The summed E-state index contributed by atoms with van der Waals surface area (Å²) >= 11 is 3.59. The topological polar surface area (TPSA) is 40.6 Å². The third-order valence-corrected chi connectivity index (χ3v) is 8.07. The molecule has 3 fully saturated rings. The summed E-state index contributed by atoms with van der Waals surface area (Å²) in [6.07, 6.45) is 6.18. The molecule has 0 aromatic carbocycles. The Kier molecular flexibility index (Phi) is 5.36. The van der Waals surface area contributed by atoms with Crippen molar-refractivity contribution in [1.29, 1.82) is 0 Å². The molecule has 1 aromatic rings. The molecule has 1 aliphatic heterocycles. The van der Waals surface area contributed by atoms with Gasteiger partial charge in [0.05, 0.1) is 5.75 Å². The van der Waals surface area contributed by atoms with Crippen molar-refractivity contribution in [3.8, 4) is 0 Å². The lowest BCUT2D eigenvalue weighted by molar-refractivity contribution is -0.139. The van der Waals surface area contributed by atoms with Crippen LogP contribution in [0.25, 0.3) is 0 Å². The lowest BCUT2D eigenvalue weighted by Crippen LogP contribution is -2.51. The van der Waals surface area contributed by atoms with E-state index in [4.69, 9.17) is 0 Å². The van der Waals surface area contributed by atoms with E-state index in [1.165, 1.54) is 30.6 Å². The van der Waals surface area contributed by atoms with E-state index in [-0.39, 0.29) is 11.8 Å². The molecule has 0 radical (unpaired) electrons. The highest BCUT2D eigenvalue weighted by atomic mass is 32.2. The average molecular weight is 379 g/mol. The van der Waals surface area contributed by atoms with Crippen LogP contribution < -0.4 is 0 Å². The third kappa shape index (κ3) is 4.05. The van der Waals surface area contributed by atoms with E-state index in [0.29, 0.717) is 49.0 Å². The van der Waals surface area contributed by atoms with Crippen molar-refractivity contribution in [1.82, 2.24) is 9.80 Å². The zero-order chi connectivity index (χ0) is 17.2. The number of thiophene rings is 1. The molecule has 2 heterocycles. The fraction of sp³-hybridized carbons (Fsp3) is 0.684. The van der Waals surface area contributed by atoms with Crippen molar-refractivity contribution >= 4 is 34.9 Å². The molecular weight excluding hydrogens is 352 g/mol. The van der Waals surface area contributed by atoms with Crippen LogP contribution in [-0.4, -0.2) is 58.8 Å². The first-order chi connectivity index (χ1) is 12.2. The van der Waals surface area contributed by atoms with E-state index in [2.05, 4.69) is 17.5 Å². The van der Waals surface area contributed by atoms with Gasteiger partial charge in [-0.2, -0.15) is 0 Å². The van der Waals surface area contributed by atoms with Crippen LogP contribution in [0.3, 0.4) is 0 Å². The summed E-state index contributed by atoms with van der Waals surface area (Å²) in [7, 11) is 0. The Bertz CT molecular complexity index is 605. The summed E-state index contributed by atoms with van der Waals surface area (Å²) < 4.78 is 0. The molecule has 136 valence electrons. The largest absolute Gasteiger partial charge is 0.339 e. The minimum Gasteiger partial charge on any atom is -0.339 e. The maximum absolute atomic E-state index is 12.7. The summed E-state index contributed by atoms with van der Waals surface area (Å²) in [6.45, 7) is 2.80. The number of carbonyl (C=O) groups excluding carboxylic acids is 2. The highest BCUT2D eigenvalue weighted by molar-refractivity contribution is 8.00. The van der Waals surface area contributed by atoms with E-state index >= 15 is 0 Å². The Morgan fingerprint density at radius 2 is 1.84 bits per heavy atom. The SMILES string of the molecule is O=C(CSC1CCCC1)N1CCN(C(=O)[C@@H]2C[C@H]2c2cccs2)CC1. The normalized spacial score (nSPS) is 26.9. The van der Waals surface area contributed by atoms with Gasteiger partial charge in [0.2, 0.25) is 11.8 Å². The first kappa shape index (κ1) is 17.4. The molecule has 2 amide bonds. The van der Waals surface area contributed by atoms with Gasteiger partial charge in [0.1, 0.15) is 0 Å². The lowest BCUT2D eigenvalue weighted by atomic mass is 10.2. The fourth-order valence-corrected chi connectivity index (χ4v) is 6.17. The standard InChI is InChI=1S/C19H26N2O2S2/c22-18(13-25-14-4-1-2-5-14)20-7-9-21(10-8-20)19(23)16-12-15(16)17-6-3-11-24-17/h3,6,11,14-16H,1-2,4-5,7-10,12-13H2/t15-,16-/m1/s1. The molecule has 25 heavy (non-hydrogen) atoms. The minimum atomic E-state index is 0.179. The Balaban J connectivity index is 1.20. The molecule has 1 saturated heterocycles. The summed E-state index contributed by atoms with van der Waals surface area (Å²) in [6, 6.07) is 4.20. The van der Waals surface area contributed by atoms with Gasteiger partial charge in [-0.15, -0.1) is 23.1 Å². The number of nitrogens with zero attached hydrogens (tertiary/aromatic N) is 2. The highest BCUT2D eigenvalue weighted by Gasteiger charge is 2.46. The minimum absolute atomic E-state index is 0.179. The fourth-order valence-electron chi connectivity index (χ4n) is 4.03. The Morgan fingerprint density at radius 3 is 2.52 bits per heavy atom. The number of amides is 2. The Labute approximate surface area is 157 Å². The zero-order valence-electron chi connectivity index (χ0n) is 14.6. The second-order valence-electron chi connectivity index (χ2n) is 7.39. The molecule has 1 aromatic heterocycles. The van der Waals surface area contributed by atoms with Gasteiger partial charge in [0.15, 0.2) is 0 Å². The molecule has 0 unspecified atom stereocenters. The molecule has 3 aliphatic rings. The molecule has 4 nitrogen and oxygen atoms in total. The molecule has 2 aliphatic carbocycles. The van der Waals surface area contributed by atoms with Crippen LogP contribution in [0.5, 0.6) is 0 Å². The monoisotopic (exact) mass is 378 g/mol. The van der Waals surface area contributed by atoms with Crippen LogP contribution in [0.15, 0.2) is 17.5 Å². The average Bonchev–Trinajstić information content (AvgIpc) is 3.06. The molecule has 2 atom stereocenters. The molecular formula is C19H26N2O2S2. The Morgan fingerprint density at radius 1 is 1.12 bits per heavy atom. The third-order valence-electron chi connectivity index (χ3n) is 5.71. The predicted octanol–water partition coefficient (Wildman–Crippen LogP) is 3.20. The Hall–Kier alpha value is -1.01. The van der Waals surface area contributed by atoms with E-state index < -0.39 is 0 Å². The van der Waals surface area contributed by atoms with Gasteiger partial charge in [0.25, 0.3) is 0 Å². The number of piperazine rings is 1. The van der Waals surface area contributed by atoms with Gasteiger partial charge >= 0.3 is 0 Å². The van der Waals surface area contributed by atoms with Crippen molar-refractivity contribution in [2.75, 3.05) is 31.9 Å². The number of hydrogen-bond donors (Lipinski definition) is 0. The van der Waals surface area contributed by atoms with E-state index in [0.717, 1.165) is 6.42 Å². The zero-order valence-corrected chi connectivity index (χ0v) is 16.2. The molecule has 2 saturated carbocycles. The van der Waals surface area contributed by atoms with Crippen LogP contribution in [0.2, 0.25) is 0 Å². The van der Waals surface area contributed by atoms with Gasteiger partial charge in [-0.05, 0) is 30.7 Å². The van der Waals surface area contributed by atoms with Crippen molar-refractivity contribution in [3.63, 3.8) is 0 Å². The molecule has 6 heteroatoms. The molecule has 4 rings (SSSR count). The van der Waals surface area contributed by atoms with Crippen LogP contribution in [0, 0.1) is 5.92 Å². The van der Waals surface area contributed by atoms with Crippen LogP contribution in [0.1, 0.15) is 42.9 Å². The van der Waals surface area contributed by atoms with Crippen LogP contribution >= 0.6 is 23.1 Å². The first-order valence-electron chi connectivity index (χ1n) is 9.44. The molecule has 0 spiro atoms. The van der Waals surface area contributed by atoms with Crippen molar-refractivity contribution in [3.05, 3.63) is 22.4 Å². The quantitative estimate of drug-likeness (QED) is 0.790. The second-order valence-corrected chi connectivity index (χ2v) is 9.66. The summed E-state index contributed by atoms with van der Waals surface area (Å²) in [5.41, 5.74) is 0. The summed E-state index contributed by atoms with van der Waals surface area (Å²) in [5, 5.41) is 2.78. The number of hydrogen-bond acceptors (Lipinski definition) is 4. The molecule has 0 bridgehead atoms. The van der Waals surface area contributed by atoms with E-state index in [1.807, 2.05) is 21.6 Å².